The standard InChI is InChI=1S/C11H17Cl/c1-7(2)11-8(3)5-6-10(12)9(11)4/h5-7,9-10H,1-4H3. The van der Waals surface area contributed by atoms with Gasteiger partial charge in [-0.1, -0.05) is 44.1 Å². The fourth-order valence-corrected chi connectivity index (χ4v) is 2.22. The highest BCUT2D eigenvalue weighted by Crippen LogP contribution is 2.33. The van der Waals surface area contributed by atoms with Crippen LogP contribution in [-0.4, -0.2) is 5.38 Å². The second kappa shape index (κ2) is 3.66. The average Bonchev–Trinajstić information content (AvgIpc) is 1.97. The van der Waals surface area contributed by atoms with Gasteiger partial charge < -0.3 is 0 Å². The van der Waals surface area contributed by atoms with Crippen LogP contribution in [0.3, 0.4) is 0 Å². The van der Waals surface area contributed by atoms with Crippen molar-refractivity contribution in [2.45, 2.75) is 33.1 Å². The summed E-state index contributed by atoms with van der Waals surface area (Å²) in [7, 11) is 0. The van der Waals surface area contributed by atoms with E-state index in [-0.39, 0.29) is 5.38 Å². The third kappa shape index (κ3) is 1.74. The summed E-state index contributed by atoms with van der Waals surface area (Å²) in [6, 6.07) is 0. The molecular weight excluding hydrogens is 168 g/mol. The molecule has 1 rings (SSSR count). The van der Waals surface area contributed by atoms with Crippen LogP contribution in [0.5, 0.6) is 0 Å². The molecule has 0 saturated heterocycles. The Labute approximate surface area is 80.3 Å². The maximum atomic E-state index is 6.15. The Morgan fingerprint density at radius 3 is 2.42 bits per heavy atom. The van der Waals surface area contributed by atoms with Crippen molar-refractivity contribution in [2.24, 2.45) is 11.8 Å². The van der Waals surface area contributed by atoms with E-state index >= 15 is 0 Å². The second-order valence-corrected chi connectivity index (χ2v) is 4.39. The Morgan fingerprint density at radius 2 is 2.00 bits per heavy atom. The van der Waals surface area contributed by atoms with Crippen LogP contribution >= 0.6 is 11.6 Å². The summed E-state index contributed by atoms with van der Waals surface area (Å²) in [5.41, 5.74) is 2.91. The Kier molecular flexibility index (Phi) is 3.00. The first kappa shape index (κ1) is 9.85. The maximum absolute atomic E-state index is 6.15. The van der Waals surface area contributed by atoms with E-state index < -0.39 is 0 Å². The van der Waals surface area contributed by atoms with Crippen LogP contribution in [0.4, 0.5) is 0 Å². The molecule has 2 unspecified atom stereocenters. The molecule has 0 nitrogen and oxygen atoms in total. The molecule has 0 aromatic heterocycles. The fraction of sp³-hybridized carbons (Fsp3) is 0.636. The number of rotatable bonds is 1. The van der Waals surface area contributed by atoms with Gasteiger partial charge in [-0.3, -0.25) is 0 Å². The molecule has 0 saturated carbocycles. The summed E-state index contributed by atoms with van der Waals surface area (Å²) >= 11 is 6.15. The van der Waals surface area contributed by atoms with E-state index in [0.29, 0.717) is 11.8 Å². The first-order valence-corrected chi connectivity index (χ1v) is 5.00. The van der Waals surface area contributed by atoms with Crippen molar-refractivity contribution in [1.82, 2.24) is 0 Å². The molecule has 12 heavy (non-hydrogen) atoms. The SMILES string of the molecule is CC1=C(C(C)C)C(C)C(Cl)C=C1. The number of hydrogen-bond donors (Lipinski definition) is 0. The van der Waals surface area contributed by atoms with Gasteiger partial charge in [-0.25, -0.2) is 0 Å². The highest BCUT2D eigenvalue weighted by molar-refractivity contribution is 6.22. The van der Waals surface area contributed by atoms with E-state index in [2.05, 4.69) is 39.8 Å². The van der Waals surface area contributed by atoms with Crippen molar-refractivity contribution in [3.05, 3.63) is 23.3 Å². The van der Waals surface area contributed by atoms with E-state index in [4.69, 9.17) is 11.6 Å². The molecule has 0 aliphatic heterocycles. The zero-order valence-electron chi connectivity index (χ0n) is 8.26. The van der Waals surface area contributed by atoms with Gasteiger partial charge in [0.1, 0.15) is 0 Å². The highest BCUT2D eigenvalue weighted by Gasteiger charge is 2.23. The smallest absolute Gasteiger partial charge is 0.0582 e. The molecule has 0 N–H and O–H groups in total. The largest absolute Gasteiger partial charge is 0.118 e. The van der Waals surface area contributed by atoms with Crippen molar-refractivity contribution < 1.29 is 0 Å². The third-order valence-corrected chi connectivity index (χ3v) is 3.10. The van der Waals surface area contributed by atoms with E-state index in [1.54, 1.807) is 0 Å². The van der Waals surface area contributed by atoms with E-state index in [0.717, 1.165) is 0 Å². The Bertz CT molecular complexity index is 223. The molecule has 0 aromatic carbocycles. The lowest BCUT2D eigenvalue weighted by molar-refractivity contribution is 0.580. The minimum Gasteiger partial charge on any atom is -0.118 e. The quantitative estimate of drug-likeness (QED) is 0.545. The van der Waals surface area contributed by atoms with E-state index in [1.807, 2.05) is 0 Å². The summed E-state index contributed by atoms with van der Waals surface area (Å²) < 4.78 is 0. The van der Waals surface area contributed by atoms with Crippen LogP contribution in [0.15, 0.2) is 23.3 Å². The van der Waals surface area contributed by atoms with Gasteiger partial charge in [0.05, 0.1) is 5.38 Å². The molecule has 0 aromatic rings. The first-order chi connectivity index (χ1) is 5.54. The molecule has 68 valence electrons. The molecule has 0 radical (unpaired) electrons. The summed E-state index contributed by atoms with van der Waals surface area (Å²) in [5.74, 6) is 1.11. The molecule has 1 aliphatic rings. The Morgan fingerprint density at radius 1 is 1.42 bits per heavy atom. The van der Waals surface area contributed by atoms with Gasteiger partial charge in [0.15, 0.2) is 0 Å². The zero-order valence-corrected chi connectivity index (χ0v) is 9.02. The number of halogens is 1. The average molecular weight is 185 g/mol. The van der Waals surface area contributed by atoms with Crippen LogP contribution < -0.4 is 0 Å². The Hall–Kier alpha value is -0.230. The molecule has 0 heterocycles. The number of hydrogen-bond acceptors (Lipinski definition) is 0. The third-order valence-electron chi connectivity index (χ3n) is 2.58. The molecule has 1 heteroatoms. The minimum atomic E-state index is 0.186. The van der Waals surface area contributed by atoms with Gasteiger partial charge in [0.25, 0.3) is 0 Å². The van der Waals surface area contributed by atoms with Gasteiger partial charge >= 0.3 is 0 Å². The first-order valence-electron chi connectivity index (χ1n) is 4.57. The molecule has 1 aliphatic carbocycles. The fourth-order valence-electron chi connectivity index (χ4n) is 2.01. The Balaban J connectivity index is 2.97. The number of allylic oxidation sites excluding steroid dienone is 4. The van der Waals surface area contributed by atoms with E-state index in [9.17, 15) is 0 Å². The summed E-state index contributed by atoms with van der Waals surface area (Å²) in [6.45, 7) is 8.85. The van der Waals surface area contributed by atoms with Crippen LogP contribution in [0.1, 0.15) is 27.7 Å². The minimum absolute atomic E-state index is 0.186. The van der Waals surface area contributed by atoms with Gasteiger partial charge in [-0.05, 0) is 18.8 Å². The second-order valence-electron chi connectivity index (χ2n) is 3.89. The monoisotopic (exact) mass is 184 g/mol. The van der Waals surface area contributed by atoms with Crippen molar-refractivity contribution in [3.8, 4) is 0 Å². The predicted molar refractivity (Wildman–Crippen MR) is 55.5 cm³/mol. The molecule has 0 bridgehead atoms. The zero-order chi connectivity index (χ0) is 9.30. The van der Waals surface area contributed by atoms with Crippen LogP contribution in [0.25, 0.3) is 0 Å². The molecular formula is C11H17Cl. The van der Waals surface area contributed by atoms with Crippen molar-refractivity contribution in [2.75, 3.05) is 0 Å². The predicted octanol–water partition coefficient (Wildman–Crippen LogP) is 3.77. The summed E-state index contributed by atoms with van der Waals surface area (Å²) in [5, 5.41) is 0.186. The van der Waals surface area contributed by atoms with Crippen LogP contribution in [0, 0.1) is 11.8 Å². The highest BCUT2D eigenvalue weighted by atomic mass is 35.5. The van der Waals surface area contributed by atoms with Crippen LogP contribution in [-0.2, 0) is 0 Å². The van der Waals surface area contributed by atoms with Crippen molar-refractivity contribution in [3.63, 3.8) is 0 Å². The van der Waals surface area contributed by atoms with Gasteiger partial charge in [0, 0.05) is 0 Å². The van der Waals surface area contributed by atoms with Gasteiger partial charge in [-0.2, -0.15) is 0 Å². The topological polar surface area (TPSA) is 0 Å². The number of alkyl halides is 1. The lowest BCUT2D eigenvalue weighted by atomic mass is 9.82. The lowest BCUT2D eigenvalue weighted by Gasteiger charge is -2.27. The van der Waals surface area contributed by atoms with Crippen molar-refractivity contribution >= 4 is 11.6 Å². The molecule has 2 atom stereocenters. The van der Waals surface area contributed by atoms with Crippen LogP contribution in [0.2, 0.25) is 0 Å². The molecule has 0 amide bonds. The summed E-state index contributed by atoms with van der Waals surface area (Å²) in [6.07, 6.45) is 4.24. The van der Waals surface area contributed by atoms with Gasteiger partial charge in [0.2, 0.25) is 0 Å². The maximum Gasteiger partial charge on any atom is 0.0582 e. The molecule has 0 fully saturated rings. The lowest BCUT2D eigenvalue weighted by Crippen LogP contribution is -2.19. The molecule has 0 spiro atoms. The van der Waals surface area contributed by atoms with Crippen molar-refractivity contribution in [1.29, 1.82) is 0 Å². The normalized spacial score (nSPS) is 30.2. The van der Waals surface area contributed by atoms with E-state index in [1.165, 1.54) is 11.1 Å². The van der Waals surface area contributed by atoms with Gasteiger partial charge in [-0.15, -0.1) is 11.6 Å². The summed E-state index contributed by atoms with van der Waals surface area (Å²) in [4.78, 5) is 0.